The third-order valence-electron chi connectivity index (χ3n) is 3.61. The molecule has 150 valence electrons. The van der Waals surface area contributed by atoms with Gasteiger partial charge in [-0.05, 0) is 30.7 Å². The fraction of sp³-hybridized carbons (Fsp3) is 0.333. The summed E-state index contributed by atoms with van der Waals surface area (Å²) < 4.78 is 42.6. The summed E-state index contributed by atoms with van der Waals surface area (Å²) in [6.45, 7) is 2.61. The zero-order chi connectivity index (χ0) is 20.7. The predicted molar refractivity (Wildman–Crippen MR) is 94.7 cm³/mol. The van der Waals surface area contributed by atoms with Crippen molar-refractivity contribution in [2.45, 2.75) is 39.1 Å². The minimum atomic E-state index is -4.49. The Kier molecular flexibility index (Phi) is 6.91. The number of carbonyl (C=O) groups excluding carboxylic acids is 2. The fourth-order valence-corrected chi connectivity index (χ4v) is 2.05. The second-order valence-corrected chi connectivity index (χ2v) is 5.84. The summed E-state index contributed by atoms with van der Waals surface area (Å²) in [5.41, 5.74) is 0.737. The standard InChI is InChI=1S/C18H19F3N4O3/c1-3-16(26)25-15-7-13(4-5-23-15)17(27)24-9-12-6-14(10-22-8-12)28-11(2)18(19,20)21/h4-8,10-11H,3,9H2,1-2H3,(H,24,27)(H,23,25,26)/t11-/m1/s1. The third kappa shape index (κ3) is 6.22. The van der Waals surface area contributed by atoms with Crippen molar-refractivity contribution in [3.63, 3.8) is 0 Å². The first-order valence-electron chi connectivity index (χ1n) is 8.40. The monoisotopic (exact) mass is 396 g/mol. The molecule has 0 spiro atoms. The molecule has 2 aromatic rings. The largest absolute Gasteiger partial charge is 0.480 e. The summed E-state index contributed by atoms with van der Waals surface area (Å²) in [7, 11) is 0. The topological polar surface area (TPSA) is 93.2 Å². The van der Waals surface area contributed by atoms with E-state index in [1.807, 2.05) is 0 Å². The van der Waals surface area contributed by atoms with E-state index in [1.54, 1.807) is 6.92 Å². The van der Waals surface area contributed by atoms with Crippen LogP contribution in [0.1, 0.15) is 36.2 Å². The number of halogens is 3. The zero-order valence-corrected chi connectivity index (χ0v) is 15.2. The molecule has 0 radical (unpaired) electrons. The Balaban J connectivity index is 1.98. The smallest absolute Gasteiger partial charge is 0.425 e. The van der Waals surface area contributed by atoms with Gasteiger partial charge in [0.25, 0.3) is 5.91 Å². The van der Waals surface area contributed by atoms with Gasteiger partial charge in [0.15, 0.2) is 6.10 Å². The molecule has 0 fully saturated rings. The Labute approximate surface area is 159 Å². The van der Waals surface area contributed by atoms with Crippen molar-refractivity contribution in [2.24, 2.45) is 0 Å². The summed E-state index contributed by atoms with van der Waals surface area (Å²) in [5, 5.41) is 5.17. The van der Waals surface area contributed by atoms with Crippen LogP contribution in [0.5, 0.6) is 5.75 Å². The lowest BCUT2D eigenvalue weighted by atomic mass is 10.2. The molecule has 10 heteroatoms. The number of hydrogen-bond donors (Lipinski definition) is 2. The molecule has 0 aliphatic carbocycles. The Morgan fingerprint density at radius 3 is 2.68 bits per heavy atom. The van der Waals surface area contributed by atoms with Crippen molar-refractivity contribution in [3.05, 3.63) is 47.9 Å². The minimum Gasteiger partial charge on any atom is -0.480 e. The van der Waals surface area contributed by atoms with E-state index in [0.717, 1.165) is 6.92 Å². The molecule has 0 aromatic carbocycles. The number of aromatic nitrogens is 2. The van der Waals surface area contributed by atoms with Gasteiger partial charge in [0.05, 0.1) is 6.20 Å². The molecule has 0 aliphatic rings. The molecule has 1 atom stereocenters. The highest BCUT2D eigenvalue weighted by Crippen LogP contribution is 2.24. The van der Waals surface area contributed by atoms with E-state index in [9.17, 15) is 22.8 Å². The van der Waals surface area contributed by atoms with Gasteiger partial charge >= 0.3 is 6.18 Å². The SMILES string of the molecule is CCC(=O)Nc1cc(C(=O)NCc2cncc(O[C@H](C)C(F)(F)F)c2)ccn1. The van der Waals surface area contributed by atoms with Crippen LogP contribution in [0.2, 0.25) is 0 Å². The number of alkyl halides is 3. The Hall–Kier alpha value is -3.17. The Morgan fingerprint density at radius 2 is 2.00 bits per heavy atom. The lowest BCUT2D eigenvalue weighted by Gasteiger charge is -2.17. The predicted octanol–water partition coefficient (Wildman–Crippen LogP) is 3.08. The molecule has 2 amide bonds. The van der Waals surface area contributed by atoms with Crippen molar-refractivity contribution in [2.75, 3.05) is 5.32 Å². The first-order chi connectivity index (χ1) is 13.2. The van der Waals surface area contributed by atoms with Crippen LogP contribution in [0.3, 0.4) is 0 Å². The Bertz CT molecular complexity index is 843. The molecular weight excluding hydrogens is 377 g/mol. The van der Waals surface area contributed by atoms with E-state index in [0.29, 0.717) is 5.56 Å². The molecule has 0 aliphatic heterocycles. The maximum absolute atomic E-state index is 12.6. The molecule has 7 nitrogen and oxygen atoms in total. The van der Waals surface area contributed by atoms with Gasteiger partial charge in [-0.1, -0.05) is 6.92 Å². The molecule has 2 aromatic heterocycles. The number of carbonyl (C=O) groups is 2. The van der Waals surface area contributed by atoms with Crippen molar-refractivity contribution in [3.8, 4) is 5.75 Å². The first kappa shape index (κ1) is 21.1. The molecule has 0 saturated carbocycles. The highest BCUT2D eigenvalue weighted by atomic mass is 19.4. The van der Waals surface area contributed by atoms with Crippen LogP contribution < -0.4 is 15.4 Å². The second kappa shape index (κ2) is 9.16. The van der Waals surface area contributed by atoms with Crippen molar-refractivity contribution < 1.29 is 27.5 Å². The molecule has 2 heterocycles. The summed E-state index contributed by atoms with van der Waals surface area (Å²) in [6, 6.07) is 4.26. The molecule has 28 heavy (non-hydrogen) atoms. The number of rotatable bonds is 7. The molecule has 2 rings (SSSR count). The van der Waals surface area contributed by atoms with Gasteiger partial charge in [0.1, 0.15) is 11.6 Å². The summed E-state index contributed by atoms with van der Waals surface area (Å²) in [4.78, 5) is 31.5. The van der Waals surface area contributed by atoms with E-state index in [-0.39, 0.29) is 36.0 Å². The molecule has 0 saturated heterocycles. The van der Waals surface area contributed by atoms with Crippen LogP contribution in [-0.4, -0.2) is 34.1 Å². The van der Waals surface area contributed by atoms with E-state index in [1.165, 1.54) is 36.8 Å². The van der Waals surface area contributed by atoms with E-state index < -0.39 is 18.2 Å². The number of ether oxygens (including phenoxy) is 1. The van der Waals surface area contributed by atoms with Crippen molar-refractivity contribution in [1.29, 1.82) is 0 Å². The van der Waals surface area contributed by atoms with Gasteiger partial charge < -0.3 is 15.4 Å². The maximum atomic E-state index is 12.6. The van der Waals surface area contributed by atoms with E-state index in [2.05, 4.69) is 20.6 Å². The molecular formula is C18H19F3N4O3. The van der Waals surface area contributed by atoms with Gasteiger partial charge in [-0.2, -0.15) is 13.2 Å². The van der Waals surface area contributed by atoms with Crippen LogP contribution in [-0.2, 0) is 11.3 Å². The summed E-state index contributed by atoms with van der Waals surface area (Å²) in [5.74, 6) is -0.479. The molecule has 0 bridgehead atoms. The first-order valence-corrected chi connectivity index (χ1v) is 8.40. The molecule has 0 unspecified atom stereocenters. The number of nitrogens with one attached hydrogen (secondary N) is 2. The van der Waals surface area contributed by atoms with E-state index >= 15 is 0 Å². The van der Waals surface area contributed by atoms with Crippen LogP contribution in [0.25, 0.3) is 0 Å². The highest BCUT2D eigenvalue weighted by Gasteiger charge is 2.38. The van der Waals surface area contributed by atoms with Gasteiger partial charge in [0, 0.05) is 30.9 Å². The number of hydrogen-bond acceptors (Lipinski definition) is 5. The number of anilines is 1. The number of nitrogens with zero attached hydrogens (tertiary/aromatic N) is 2. The lowest BCUT2D eigenvalue weighted by molar-refractivity contribution is -0.189. The quantitative estimate of drug-likeness (QED) is 0.750. The number of amides is 2. The molecule has 2 N–H and O–H groups in total. The summed E-state index contributed by atoms with van der Waals surface area (Å²) in [6.07, 6.45) is -2.24. The van der Waals surface area contributed by atoms with Gasteiger partial charge in [-0.15, -0.1) is 0 Å². The normalized spacial score (nSPS) is 12.2. The number of pyridine rings is 2. The summed E-state index contributed by atoms with van der Waals surface area (Å²) >= 11 is 0. The fourth-order valence-electron chi connectivity index (χ4n) is 2.05. The van der Waals surface area contributed by atoms with Crippen LogP contribution >= 0.6 is 0 Å². The second-order valence-electron chi connectivity index (χ2n) is 5.84. The average Bonchev–Trinajstić information content (AvgIpc) is 2.65. The minimum absolute atomic E-state index is 0.0302. The maximum Gasteiger partial charge on any atom is 0.425 e. The van der Waals surface area contributed by atoms with Gasteiger partial charge in [-0.3, -0.25) is 14.6 Å². The lowest BCUT2D eigenvalue weighted by Crippen LogP contribution is -2.31. The zero-order valence-electron chi connectivity index (χ0n) is 15.2. The van der Waals surface area contributed by atoms with Crippen LogP contribution in [0.15, 0.2) is 36.8 Å². The Morgan fingerprint density at radius 1 is 1.25 bits per heavy atom. The van der Waals surface area contributed by atoms with Crippen molar-refractivity contribution in [1.82, 2.24) is 15.3 Å². The van der Waals surface area contributed by atoms with Crippen LogP contribution in [0, 0.1) is 0 Å². The van der Waals surface area contributed by atoms with Crippen molar-refractivity contribution >= 4 is 17.6 Å². The van der Waals surface area contributed by atoms with E-state index in [4.69, 9.17) is 4.74 Å². The average molecular weight is 396 g/mol. The van der Waals surface area contributed by atoms with Gasteiger partial charge in [0.2, 0.25) is 5.91 Å². The highest BCUT2D eigenvalue weighted by molar-refractivity contribution is 5.96. The van der Waals surface area contributed by atoms with Crippen LogP contribution in [0.4, 0.5) is 19.0 Å². The third-order valence-corrected chi connectivity index (χ3v) is 3.61. The van der Waals surface area contributed by atoms with Gasteiger partial charge in [-0.25, -0.2) is 4.98 Å².